The van der Waals surface area contributed by atoms with E-state index in [0.717, 1.165) is 19.0 Å². The fourth-order valence-corrected chi connectivity index (χ4v) is 3.51. The summed E-state index contributed by atoms with van der Waals surface area (Å²) in [5, 5.41) is 3.07. The molecular formula is C12H13ClFN3O2. The third-order valence-corrected chi connectivity index (χ3v) is 4.33. The first kappa shape index (κ1) is 12.6. The molecule has 3 saturated carbocycles. The minimum Gasteiger partial charge on any atom is -0.469 e. The van der Waals surface area contributed by atoms with Gasteiger partial charge in [-0.3, -0.25) is 4.79 Å². The van der Waals surface area contributed by atoms with Crippen molar-refractivity contribution in [1.29, 1.82) is 0 Å². The van der Waals surface area contributed by atoms with E-state index in [0.29, 0.717) is 12.8 Å². The Kier molecular flexibility index (Phi) is 2.67. The second-order valence-electron chi connectivity index (χ2n) is 5.37. The Hall–Kier alpha value is -1.43. The van der Waals surface area contributed by atoms with Crippen LogP contribution in [0.2, 0.25) is 5.28 Å². The number of ether oxygens (including phenoxy) is 1. The minimum atomic E-state index is -0.541. The van der Waals surface area contributed by atoms with E-state index in [-0.39, 0.29) is 22.6 Å². The van der Waals surface area contributed by atoms with Crippen molar-refractivity contribution >= 4 is 23.4 Å². The predicted molar refractivity (Wildman–Crippen MR) is 66.3 cm³/mol. The SMILES string of the molecule is COC(=O)C12CCC(Nc3nc(Cl)ncc3F)(C1)C2. The highest BCUT2D eigenvalue weighted by Gasteiger charge is 2.65. The Balaban J connectivity index is 1.77. The van der Waals surface area contributed by atoms with E-state index in [2.05, 4.69) is 15.3 Å². The maximum absolute atomic E-state index is 13.6. The van der Waals surface area contributed by atoms with Crippen LogP contribution in [0.4, 0.5) is 10.2 Å². The zero-order valence-corrected chi connectivity index (χ0v) is 11.1. The first-order valence-electron chi connectivity index (χ1n) is 6.03. The number of methoxy groups -OCH3 is 1. The summed E-state index contributed by atoms with van der Waals surface area (Å²) >= 11 is 5.66. The Morgan fingerprint density at radius 3 is 2.95 bits per heavy atom. The fraction of sp³-hybridized carbons (Fsp3) is 0.583. The van der Waals surface area contributed by atoms with Crippen LogP contribution in [0.5, 0.6) is 0 Å². The lowest BCUT2D eigenvalue weighted by Crippen LogP contribution is -2.52. The van der Waals surface area contributed by atoms with Gasteiger partial charge >= 0.3 is 5.97 Å². The molecule has 1 aromatic rings. The number of hydrogen-bond acceptors (Lipinski definition) is 5. The molecule has 1 aromatic heterocycles. The summed E-state index contributed by atoms with van der Waals surface area (Å²) in [6, 6.07) is 0. The highest BCUT2D eigenvalue weighted by atomic mass is 35.5. The van der Waals surface area contributed by atoms with E-state index in [1.165, 1.54) is 7.11 Å². The van der Waals surface area contributed by atoms with Gasteiger partial charge in [-0.1, -0.05) is 0 Å². The number of nitrogens with one attached hydrogen (secondary N) is 1. The first-order chi connectivity index (χ1) is 8.99. The number of carbonyl (C=O) groups excluding carboxylic acids is 1. The summed E-state index contributed by atoms with van der Waals surface area (Å²) in [6.45, 7) is 0. The molecule has 0 spiro atoms. The van der Waals surface area contributed by atoms with Gasteiger partial charge in [-0.15, -0.1) is 0 Å². The molecule has 3 aliphatic rings. The summed E-state index contributed by atoms with van der Waals surface area (Å²) in [5.74, 6) is -0.620. The van der Waals surface area contributed by atoms with Crippen LogP contribution < -0.4 is 5.32 Å². The summed E-state index contributed by atoms with van der Waals surface area (Å²) < 4.78 is 18.4. The molecule has 1 heterocycles. The standard InChI is InChI=1S/C12H13ClFN3O2/c1-19-9(18)11-2-3-12(5-11,6-11)17-8-7(14)4-15-10(13)16-8/h4H,2-3,5-6H2,1H3,(H,15,16,17). The van der Waals surface area contributed by atoms with Crippen molar-refractivity contribution in [2.45, 2.75) is 31.2 Å². The Labute approximate surface area is 114 Å². The van der Waals surface area contributed by atoms with Gasteiger partial charge in [-0.2, -0.15) is 4.98 Å². The molecule has 4 rings (SSSR count). The number of hydrogen-bond donors (Lipinski definition) is 1. The highest BCUT2D eigenvalue weighted by molar-refractivity contribution is 6.28. The van der Waals surface area contributed by atoms with Crippen molar-refractivity contribution in [3.63, 3.8) is 0 Å². The quantitative estimate of drug-likeness (QED) is 0.681. The van der Waals surface area contributed by atoms with Crippen LogP contribution in [0.3, 0.4) is 0 Å². The van der Waals surface area contributed by atoms with Gasteiger partial charge in [-0.05, 0) is 37.3 Å². The van der Waals surface area contributed by atoms with Crippen molar-refractivity contribution in [3.8, 4) is 0 Å². The van der Waals surface area contributed by atoms with Crippen molar-refractivity contribution in [1.82, 2.24) is 9.97 Å². The van der Waals surface area contributed by atoms with E-state index in [9.17, 15) is 9.18 Å². The molecule has 0 aromatic carbocycles. The smallest absolute Gasteiger partial charge is 0.311 e. The molecule has 1 N–H and O–H groups in total. The Morgan fingerprint density at radius 2 is 2.26 bits per heavy atom. The van der Waals surface area contributed by atoms with Crippen LogP contribution in [0, 0.1) is 11.2 Å². The van der Waals surface area contributed by atoms with Gasteiger partial charge in [-0.25, -0.2) is 9.37 Å². The number of anilines is 1. The monoisotopic (exact) mass is 285 g/mol. The number of halogens is 2. The van der Waals surface area contributed by atoms with Gasteiger partial charge < -0.3 is 10.1 Å². The van der Waals surface area contributed by atoms with E-state index in [4.69, 9.17) is 16.3 Å². The number of fused-ring (bicyclic) bond motifs is 1. The maximum atomic E-state index is 13.6. The lowest BCUT2D eigenvalue weighted by atomic mass is 9.65. The van der Waals surface area contributed by atoms with E-state index < -0.39 is 11.2 Å². The van der Waals surface area contributed by atoms with Gasteiger partial charge in [0.2, 0.25) is 5.28 Å². The maximum Gasteiger partial charge on any atom is 0.311 e. The van der Waals surface area contributed by atoms with Crippen LogP contribution in [0.25, 0.3) is 0 Å². The molecule has 0 unspecified atom stereocenters. The molecule has 7 heteroatoms. The lowest BCUT2D eigenvalue weighted by molar-refractivity contribution is -0.157. The van der Waals surface area contributed by atoms with Crippen molar-refractivity contribution in [2.24, 2.45) is 5.41 Å². The molecule has 0 saturated heterocycles. The van der Waals surface area contributed by atoms with Crippen molar-refractivity contribution in [3.05, 3.63) is 17.3 Å². The van der Waals surface area contributed by atoms with Gasteiger partial charge in [0, 0.05) is 5.54 Å². The highest BCUT2D eigenvalue weighted by Crippen LogP contribution is 2.63. The lowest BCUT2D eigenvalue weighted by Gasteiger charge is -2.45. The summed E-state index contributed by atoms with van der Waals surface area (Å²) in [5.41, 5.74) is -0.665. The first-order valence-corrected chi connectivity index (χ1v) is 6.41. The van der Waals surface area contributed by atoms with Crippen LogP contribution in [-0.4, -0.2) is 28.6 Å². The van der Waals surface area contributed by atoms with Crippen LogP contribution in [0.1, 0.15) is 25.7 Å². The second kappa shape index (κ2) is 4.03. The third-order valence-electron chi connectivity index (χ3n) is 4.15. The molecule has 102 valence electrons. The number of nitrogens with zero attached hydrogens (tertiary/aromatic N) is 2. The average molecular weight is 286 g/mol. The molecule has 5 nitrogen and oxygen atoms in total. The second-order valence-corrected chi connectivity index (χ2v) is 5.70. The molecule has 0 radical (unpaired) electrons. The van der Waals surface area contributed by atoms with Crippen LogP contribution in [-0.2, 0) is 9.53 Å². The summed E-state index contributed by atoms with van der Waals surface area (Å²) in [4.78, 5) is 19.1. The van der Waals surface area contributed by atoms with Crippen molar-refractivity contribution in [2.75, 3.05) is 12.4 Å². The van der Waals surface area contributed by atoms with Gasteiger partial charge in [0.1, 0.15) is 0 Å². The van der Waals surface area contributed by atoms with Crippen LogP contribution in [0.15, 0.2) is 6.20 Å². The fourth-order valence-electron chi connectivity index (χ4n) is 3.37. The van der Waals surface area contributed by atoms with Gasteiger partial charge in [0.25, 0.3) is 0 Å². The Bertz CT molecular complexity index is 546. The van der Waals surface area contributed by atoms with Gasteiger partial charge in [0.05, 0.1) is 18.7 Å². The molecule has 0 aliphatic heterocycles. The summed E-state index contributed by atoms with van der Waals surface area (Å²) in [6.07, 6.45) is 3.88. The predicted octanol–water partition coefficient (Wildman–Crippen LogP) is 2.17. The molecular weight excluding hydrogens is 273 g/mol. The number of rotatable bonds is 3. The summed E-state index contributed by atoms with van der Waals surface area (Å²) in [7, 11) is 1.40. The van der Waals surface area contributed by atoms with E-state index >= 15 is 0 Å². The van der Waals surface area contributed by atoms with E-state index in [1.54, 1.807) is 0 Å². The molecule has 2 bridgehead atoms. The van der Waals surface area contributed by atoms with Gasteiger partial charge in [0.15, 0.2) is 11.6 Å². The minimum absolute atomic E-state index is 0.00292. The number of carbonyl (C=O) groups is 1. The average Bonchev–Trinajstić information content (AvgIpc) is 2.89. The zero-order valence-electron chi connectivity index (χ0n) is 10.4. The molecule has 3 aliphatic carbocycles. The topological polar surface area (TPSA) is 64.1 Å². The largest absolute Gasteiger partial charge is 0.469 e. The third kappa shape index (κ3) is 1.85. The zero-order chi connectivity index (χ0) is 13.7. The molecule has 3 fully saturated rings. The molecule has 19 heavy (non-hydrogen) atoms. The number of esters is 1. The molecule has 0 amide bonds. The normalized spacial score (nSPS) is 31.7. The van der Waals surface area contributed by atoms with Crippen molar-refractivity contribution < 1.29 is 13.9 Å². The van der Waals surface area contributed by atoms with Crippen LogP contribution >= 0.6 is 11.6 Å². The Morgan fingerprint density at radius 1 is 1.53 bits per heavy atom. The molecule has 0 atom stereocenters. The number of aromatic nitrogens is 2. The van der Waals surface area contributed by atoms with E-state index in [1.807, 2.05) is 0 Å².